The first-order chi connectivity index (χ1) is 15.3. The van der Waals surface area contributed by atoms with Crippen LogP contribution in [0, 0.1) is 24.2 Å². The Kier molecular flexibility index (Phi) is 7.88. The maximum atomic E-state index is 13.0. The number of carbonyl (C=O) groups excluding carboxylic acids is 1. The van der Waals surface area contributed by atoms with Crippen LogP contribution < -0.4 is 10.1 Å². The lowest BCUT2D eigenvalue weighted by molar-refractivity contribution is -0.00656. The van der Waals surface area contributed by atoms with Gasteiger partial charge in [0.05, 0.1) is 17.9 Å². The van der Waals surface area contributed by atoms with E-state index in [1.165, 1.54) is 11.3 Å². The van der Waals surface area contributed by atoms with Crippen LogP contribution in [0.3, 0.4) is 0 Å². The zero-order valence-corrected chi connectivity index (χ0v) is 20.3. The molecule has 3 rings (SSSR count). The van der Waals surface area contributed by atoms with E-state index in [1.807, 2.05) is 13.0 Å². The van der Waals surface area contributed by atoms with E-state index in [-0.39, 0.29) is 11.4 Å². The number of thiazole rings is 1. The summed E-state index contributed by atoms with van der Waals surface area (Å²) in [5.41, 5.74) is 1.87. The Labute approximate surface area is 194 Å². The van der Waals surface area contributed by atoms with Gasteiger partial charge in [0.2, 0.25) is 0 Å². The largest absolute Gasteiger partial charge is 0.492 e. The van der Waals surface area contributed by atoms with E-state index < -0.39 is 0 Å². The first-order valence-electron chi connectivity index (χ1n) is 10.9. The number of hydrogen-bond acceptors (Lipinski definition) is 7. The molecular weight excluding hydrogens is 424 g/mol. The van der Waals surface area contributed by atoms with Crippen LogP contribution in [0.15, 0.2) is 18.2 Å². The Balaban J connectivity index is 1.75. The normalized spacial score (nSPS) is 15.6. The van der Waals surface area contributed by atoms with Crippen molar-refractivity contribution in [3.8, 4) is 22.4 Å². The maximum Gasteiger partial charge on any atom is 0.263 e. The first-order valence-corrected chi connectivity index (χ1v) is 11.8. The predicted octanol–water partition coefficient (Wildman–Crippen LogP) is 3.87. The molecule has 8 heteroatoms. The third-order valence-electron chi connectivity index (χ3n) is 5.87. The van der Waals surface area contributed by atoms with Crippen LogP contribution in [0.4, 0.5) is 0 Å². The Bertz CT molecular complexity index is 988. The lowest BCUT2D eigenvalue weighted by atomic mass is 9.88. The first kappa shape index (κ1) is 24.2. The average molecular weight is 457 g/mol. The van der Waals surface area contributed by atoms with Gasteiger partial charge in [-0.2, -0.15) is 5.26 Å². The smallest absolute Gasteiger partial charge is 0.263 e. The van der Waals surface area contributed by atoms with Gasteiger partial charge in [0.15, 0.2) is 0 Å². The number of amides is 1. The molecule has 2 aromatic rings. The summed E-state index contributed by atoms with van der Waals surface area (Å²) in [6, 6.07) is 7.67. The van der Waals surface area contributed by atoms with E-state index >= 15 is 0 Å². The molecule has 1 N–H and O–H groups in total. The number of ether oxygens (including phenoxy) is 2. The Morgan fingerprint density at radius 1 is 1.38 bits per heavy atom. The highest BCUT2D eigenvalue weighted by Crippen LogP contribution is 2.32. The molecule has 0 atom stereocenters. The Morgan fingerprint density at radius 3 is 2.72 bits per heavy atom. The highest BCUT2D eigenvalue weighted by Gasteiger charge is 2.35. The molecule has 1 amide bonds. The van der Waals surface area contributed by atoms with Gasteiger partial charge in [-0.25, -0.2) is 4.98 Å². The fourth-order valence-corrected chi connectivity index (χ4v) is 4.70. The number of nitriles is 1. The van der Waals surface area contributed by atoms with Crippen LogP contribution >= 0.6 is 11.3 Å². The quantitative estimate of drug-likeness (QED) is 0.649. The van der Waals surface area contributed by atoms with Crippen LogP contribution in [0.5, 0.6) is 5.75 Å². The van der Waals surface area contributed by atoms with Crippen LogP contribution in [-0.2, 0) is 4.74 Å². The summed E-state index contributed by atoms with van der Waals surface area (Å²) in [6.45, 7) is 8.49. The molecule has 7 nitrogen and oxygen atoms in total. The topological polar surface area (TPSA) is 87.5 Å². The van der Waals surface area contributed by atoms with E-state index in [1.54, 1.807) is 12.1 Å². The lowest BCUT2D eigenvalue weighted by Gasteiger charge is -2.42. The van der Waals surface area contributed by atoms with Crippen molar-refractivity contribution in [1.82, 2.24) is 15.2 Å². The van der Waals surface area contributed by atoms with Crippen molar-refractivity contribution in [1.29, 1.82) is 5.26 Å². The van der Waals surface area contributed by atoms with Crippen molar-refractivity contribution in [2.75, 3.05) is 40.5 Å². The van der Waals surface area contributed by atoms with Crippen molar-refractivity contribution in [2.24, 2.45) is 5.92 Å². The van der Waals surface area contributed by atoms with Crippen molar-refractivity contribution in [3.05, 3.63) is 34.3 Å². The molecule has 0 aliphatic carbocycles. The molecule has 1 aliphatic rings. The average Bonchev–Trinajstić information content (AvgIpc) is 3.18. The zero-order valence-electron chi connectivity index (χ0n) is 19.5. The Morgan fingerprint density at radius 2 is 2.09 bits per heavy atom. The second-order valence-electron chi connectivity index (χ2n) is 8.87. The van der Waals surface area contributed by atoms with Crippen molar-refractivity contribution >= 4 is 17.2 Å². The van der Waals surface area contributed by atoms with E-state index in [0.717, 1.165) is 18.4 Å². The number of carbonyl (C=O) groups is 1. The summed E-state index contributed by atoms with van der Waals surface area (Å²) in [4.78, 5) is 20.4. The molecule has 0 spiro atoms. The SMILES string of the molecule is Cc1nc(-c2ccc(OCC(C)C)c(C#N)c2)sc1C(=O)NCC1(N(C)C)CCOCC1. The van der Waals surface area contributed by atoms with Crippen molar-refractivity contribution in [2.45, 2.75) is 39.2 Å². The third kappa shape index (κ3) is 5.47. The molecular formula is C24H32N4O3S. The second-order valence-corrected chi connectivity index (χ2v) is 9.87. The van der Waals surface area contributed by atoms with Gasteiger partial charge in [0.1, 0.15) is 21.7 Å². The number of benzene rings is 1. The van der Waals surface area contributed by atoms with Crippen LogP contribution in [0.1, 0.15) is 47.6 Å². The highest BCUT2D eigenvalue weighted by molar-refractivity contribution is 7.17. The molecule has 1 aromatic heterocycles. The molecule has 2 heterocycles. The summed E-state index contributed by atoms with van der Waals surface area (Å²) in [5.74, 6) is 0.828. The predicted molar refractivity (Wildman–Crippen MR) is 126 cm³/mol. The van der Waals surface area contributed by atoms with Gasteiger partial charge in [0, 0.05) is 30.9 Å². The number of nitrogens with zero attached hydrogens (tertiary/aromatic N) is 3. The van der Waals surface area contributed by atoms with E-state index in [4.69, 9.17) is 9.47 Å². The molecule has 32 heavy (non-hydrogen) atoms. The molecule has 0 saturated carbocycles. The molecule has 1 aromatic carbocycles. The fourth-order valence-electron chi connectivity index (χ4n) is 3.72. The van der Waals surface area contributed by atoms with E-state index in [2.05, 4.69) is 49.2 Å². The van der Waals surface area contributed by atoms with Gasteiger partial charge in [-0.3, -0.25) is 4.79 Å². The van der Waals surface area contributed by atoms with E-state index in [9.17, 15) is 10.1 Å². The van der Waals surface area contributed by atoms with Crippen LogP contribution in [-0.4, -0.2) is 61.8 Å². The standard InChI is InChI=1S/C24H32N4O3S/c1-16(2)14-31-20-7-6-18(12-19(20)13-25)23-27-17(3)21(32-23)22(29)26-15-24(28(4)5)8-10-30-11-9-24/h6-7,12,16H,8-11,14-15H2,1-5H3,(H,26,29). The number of nitrogens with one attached hydrogen (secondary N) is 1. The minimum absolute atomic E-state index is 0.0944. The molecule has 1 aliphatic heterocycles. The fraction of sp³-hybridized carbons (Fsp3) is 0.542. The highest BCUT2D eigenvalue weighted by atomic mass is 32.1. The zero-order chi connectivity index (χ0) is 23.3. The van der Waals surface area contributed by atoms with Crippen LogP contribution in [0.2, 0.25) is 0 Å². The van der Waals surface area contributed by atoms with Crippen LogP contribution in [0.25, 0.3) is 10.6 Å². The summed E-state index contributed by atoms with van der Waals surface area (Å²) in [6.07, 6.45) is 1.77. The minimum atomic E-state index is -0.114. The summed E-state index contributed by atoms with van der Waals surface area (Å²) in [7, 11) is 4.10. The summed E-state index contributed by atoms with van der Waals surface area (Å²) in [5, 5.41) is 13.4. The van der Waals surface area contributed by atoms with Crippen molar-refractivity contribution in [3.63, 3.8) is 0 Å². The molecule has 1 fully saturated rings. The Hall–Kier alpha value is -2.47. The van der Waals surface area contributed by atoms with Gasteiger partial charge in [-0.15, -0.1) is 11.3 Å². The lowest BCUT2D eigenvalue weighted by Crippen LogP contribution is -2.55. The van der Waals surface area contributed by atoms with E-state index in [0.29, 0.717) is 59.2 Å². The maximum absolute atomic E-state index is 13.0. The number of aryl methyl sites for hydroxylation is 1. The van der Waals surface area contributed by atoms with Gasteiger partial charge >= 0.3 is 0 Å². The van der Waals surface area contributed by atoms with Gasteiger partial charge in [0.25, 0.3) is 5.91 Å². The summed E-state index contributed by atoms with van der Waals surface area (Å²) >= 11 is 1.35. The molecule has 0 unspecified atom stereocenters. The van der Waals surface area contributed by atoms with Gasteiger partial charge in [-0.05, 0) is 58.0 Å². The minimum Gasteiger partial charge on any atom is -0.492 e. The number of aromatic nitrogens is 1. The molecule has 0 radical (unpaired) electrons. The summed E-state index contributed by atoms with van der Waals surface area (Å²) < 4.78 is 11.3. The van der Waals surface area contributed by atoms with Crippen molar-refractivity contribution < 1.29 is 14.3 Å². The monoisotopic (exact) mass is 456 g/mol. The second kappa shape index (κ2) is 10.4. The molecule has 0 bridgehead atoms. The molecule has 1 saturated heterocycles. The number of likely N-dealkylation sites (N-methyl/N-ethyl adjacent to an activating group) is 1. The van der Waals surface area contributed by atoms with Gasteiger partial charge < -0.3 is 19.7 Å². The number of rotatable bonds is 8. The molecule has 172 valence electrons. The number of hydrogen-bond donors (Lipinski definition) is 1. The third-order valence-corrected chi connectivity index (χ3v) is 7.08. The van der Waals surface area contributed by atoms with Gasteiger partial charge in [-0.1, -0.05) is 13.8 Å².